The van der Waals surface area contributed by atoms with Crippen molar-refractivity contribution in [3.63, 3.8) is 0 Å². The molecule has 1 aliphatic heterocycles. The Morgan fingerprint density at radius 3 is 2.65 bits per heavy atom. The van der Waals surface area contributed by atoms with E-state index in [1.165, 1.54) is 4.90 Å². The van der Waals surface area contributed by atoms with Crippen LogP contribution < -0.4 is 5.32 Å². The molecular weight excluding hydrogens is 254 g/mol. The lowest BCUT2D eigenvalue weighted by Gasteiger charge is -2.15. The molecule has 1 saturated carbocycles. The molecule has 20 heavy (non-hydrogen) atoms. The van der Waals surface area contributed by atoms with Crippen molar-refractivity contribution in [3.05, 3.63) is 24.0 Å². The van der Waals surface area contributed by atoms with Gasteiger partial charge >= 0.3 is 0 Å². The average molecular weight is 273 g/mol. The molecule has 2 unspecified atom stereocenters. The molecule has 0 aromatic carbocycles. The monoisotopic (exact) mass is 273 g/mol. The van der Waals surface area contributed by atoms with Crippen molar-refractivity contribution in [2.24, 2.45) is 11.8 Å². The Morgan fingerprint density at radius 2 is 2.00 bits per heavy atom. The summed E-state index contributed by atoms with van der Waals surface area (Å²) >= 11 is 0. The number of nitrogens with one attached hydrogen (secondary N) is 1. The summed E-state index contributed by atoms with van der Waals surface area (Å²) in [6, 6.07) is 3.79. The van der Waals surface area contributed by atoms with Gasteiger partial charge in [-0.1, -0.05) is 6.42 Å². The Bertz CT molecular complexity index is 522. The lowest BCUT2D eigenvalue weighted by molar-refractivity contribution is -0.141. The fourth-order valence-electron chi connectivity index (χ4n) is 3.26. The second-order valence-electron chi connectivity index (χ2n) is 5.47. The third-order valence-corrected chi connectivity index (χ3v) is 4.20. The lowest BCUT2D eigenvalue weighted by Crippen LogP contribution is -2.31. The van der Waals surface area contributed by atoms with Crippen molar-refractivity contribution in [1.29, 1.82) is 0 Å². The van der Waals surface area contributed by atoms with Crippen LogP contribution in [0.2, 0.25) is 0 Å². The summed E-state index contributed by atoms with van der Waals surface area (Å²) in [5.74, 6) is -0.153. The largest absolute Gasteiger partial charge is 0.385 e. The molecule has 2 amide bonds. The molecule has 2 atom stereocenters. The molecule has 1 aromatic rings. The van der Waals surface area contributed by atoms with E-state index < -0.39 is 0 Å². The number of hydrogen-bond acceptors (Lipinski definition) is 4. The molecule has 1 aromatic heterocycles. The van der Waals surface area contributed by atoms with Crippen LogP contribution in [0.5, 0.6) is 0 Å². The third-order valence-electron chi connectivity index (χ3n) is 4.20. The van der Waals surface area contributed by atoms with E-state index in [0.717, 1.165) is 37.2 Å². The minimum absolute atomic E-state index is 0.00634. The smallest absolute Gasteiger partial charge is 0.233 e. The summed E-state index contributed by atoms with van der Waals surface area (Å²) in [5.41, 5.74) is 1.72. The molecule has 1 saturated heterocycles. The first-order valence-corrected chi connectivity index (χ1v) is 7.24. The molecule has 0 bridgehead atoms. The fourth-order valence-corrected chi connectivity index (χ4v) is 3.26. The van der Waals surface area contributed by atoms with Crippen LogP contribution in [0.4, 0.5) is 5.69 Å². The zero-order valence-corrected chi connectivity index (χ0v) is 11.6. The standard InChI is InChI=1S/C15H19N3O2/c1-2-16-10-6-7-17-11(8-10)9-18-14(19)12-4-3-5-13(12)15(18)20/h6-8,12-13H,2-5,9H2,1H3,(H,16,17). The molecule has 3 rings (SSSR count). The van der Waals surface area contributed by atoms with Gasteiger partial charge in [0.15, 0.2) is 0 Å². The summed E-state index contributed by atoms with van der Waals surface area (Å²) in [6.07, 6.45) is 4.42. The highest BCUT2D eigenvalue weighted by atomic mass is 16.2. The van der Waals surface area contributed by atoms with Crippen LogP contribution in [0.1, 0.15) is 31.9 Å². The van der Waals surface area contributed by atoms with Gasteiger partial charge in [0, 0.05) is 18.4 Å². The van der Waals surface area contributed by atoms with Crippen molar-refractivity contribution < 1.29 is 9.59 Å². The molecule has 2 aliphatic rings. The number of fused-ring (bicyclic) bond motifs is 1. The third kappa shape index (κ3) is 2.17. The average Bonchev–Trinajstić information content (AvgIpc) is 3.00. The first-order chi connectivity index (χ1) is 9.70. The SMILES string of the molecule is CCNc1ccnc(CN2C(=O)C3CCCC3C2=O)c1. The van der Waals surface area contributed by atoms with Crippen molar-refractivity contribution in [2.45, 2.75) is 32.7 Å². The molecule has 0 radical (unpaired) electrons. The highest BCUT2D eigenvalue weighted by molar-refractivity contribution is 6.05. The van der Waals surface area contributed by atoms with Crippen LogP contribution in [0.25, 0.3) is 0 Å². The predicted octanol–water partition coefficient (Wildman–Crippen LogP) is 1.80. The van der Waals surface area contributed by atoms with Gasteiger partial charge in [-0.15, -0.1) is 0 Å². The summed E-state index contributed by atoms with van der Waals surface area (Å²) in [6.45, 7) is 3.15. The van der Waals surface area contributed by atoms with Crippen LogP contribution in [0.3, 0.4) is 0 Å². The van der Waals surface area contributed by atoms with Crippen molar-refractivity contribution >= 4 is 17.5 Å². The molecule has 1 N–H and O–H groups in total. The Labute approximate surface area is 118 Å². The summed E-state index contributed by atoms with van der Waals surface area (Å²) in [7, 11) is 0. The van der Waals surface area contributed by atoms with Gasteiger partial charge in [-0.25, -0.2) is 0 Å². The highest BCUT2D eigenvalue weighted by Crippen LogP contribution is 2.40. The molecule has 5 heteroatoms. The Balaban J connectivity index is 1.76. The second-order valence-corrected chi connectivity index (χ2v) is 5.47. The van der Waals surface area contributed by atoms with Gasteiger partial charge in [0.05, 0.1) is 24.1 Å². The summed E-state index contributed by atoms with van der Waals surface area (Å²) < 4.78 is 0. The number of anilines is 1. The number of carbonyl (C=O) groups excluding carboxylic acids is 2. The second kappa shape index (κ2) is 5.23. The lowest BCUT2D eigenvalue weighted by atomic mass is 10.00. The fraction of sp³-hybridized carbons (Fsp3) is 0.533. The maximum Gasteiger partial charge on any atom is 0.233 e. The molecule has 2 heterocycles. The number of aromatic nitrogens is 1. The van der Waals surface area contributed by atoms with Gasteiger partial charge < -0.3 is 5.32 Å². The normalized spacial score (nSPS) is 25.1. The number of pyridine rings is 1. The van der Waals surface area contributed by atoms with E-state index in [4.69, 9.17) is 0 Å². The maximum absolute atomic E-state index is 12.3. The predicted molar refractivity (Wildman–Crippen MR) is 74.8 cm³/mol. The van der Waals surface area contributed by atoms with Crippen molar-refractivity contribution in [3.8, 4) is 0 Å². The van der Waals surface area contributed by atoms with E-state index >= 15 is 0 Å². The van der Waals surface area contributed by atoms with Gasteiger partial charge in [0.1, 0.15) is 0 Å². The number of nitrogens with zero attached hydrogens (tertiary/aromatic N) is 2. The van der Waals surface area contributed by atoms with Crippen LogP contribution in [-0.2, 0) is 16.1 Å². The number of carbonyl (C=O) groups is 2. The van der Waals surface area contributed by atoms with Gasteiger partial charge in [0.25, 0.3) is 0 Å². The van der Waals surface area contributed by atoms with E-state index in [2.05, 4.69) is 10.3 Å². The number of hydrogen-bond donors (Lipinski definition) is 1. The Morgan fingerprint density at radius 1 is 1.30 bits per heavy atom. The molecule has 5 nitrogen and oxygen atoms in total. The van der Waals surface area contributed by atoms with Crippen LogP contribution in [0, 0.1) is 11.8 Å². The summed E-state index contributed by atoms with van der Waals surface area (Å²) in [5, 5.41) is 3.21. The molecule has 106 valence electrons. The molecular formula is C15H19N3O2. The minimum Gasteiger partial charge on any atom is -0.385 e. The minimum atomic E-state index is -0.0700. The van der Waals surface area contributed by atoms with E-state index in [0.29, 0.717) is 6.54 Å². The van der Waals surface area contributed by atoms with E-state index in [9.17, 15) is 9.59 Å². The van der Waals surface area contributed by atoms with E-state index in [1.807, 2.05) is 19.1 Å². The summed E-state index contributed by atoms with van der Waals surface area (Å²) in [4.78, 5) is 30.2. The highest BCUT2D eigenvalue weighted by Gasteiger charge is 2.49. The first-order valence-electron chi connectivity index (χ1n) is 7.24. The Hall–Kier alpha value is -1.91. The van der Waals surface area contributed by atoms with Crippen molar-refractivity contribution in [2.75, 3.05) is 11.9 Å². The zero-order chi connectivity index (χ0) is 14.1. The van der Waals surface area contributed by atoms with Gasteiger partial charge in [-0.3, -0.25) is 19.5 Å². The topological polar surface area (TPSA) is 62.3 Å². The Kier molecular flexibility index (Phi) is 3.42. The quantitative estimate of drug-likeness (QED) is 0.850. The number of amides is 2. The van der Waals surface area contributed by atoms with Gasteiger partial charge in [0.2, 0.25) is 11.8 Å². The van der Waals surface area contributed by atoms with E-state index in [1.54, 1.807) is 6.20 Å². The molecule has 2 fully saturated rings. The number of rotatable bonds is 4. The van der Waals surface area contributed by atoms with Gasteiger partial charge in [-0.2, -0.15) is 0 Å². The van der Waals surface area contributed by atoms with Crippen LogP contribution in [-0.4, -0.2) is 28.2 Å². The van der Waals surface area contributed by atoms with Gasteiger partial charge in [-0.05, 0) is 31.9 Å². The van der Waals surface area contributed by atoms with Crippen molar-refractivity contribution in [1.82, 2.24) is 9.88 Å². The zero-order valence-electron chi connectivity index (χ0n) is 11.6. The van der Waals surface area contributed by atoms with E-state index in [-0.39, 0.29) is 23.7 Å². The van der Waals surface area contributed by atoms with Crippen LogP contribution in [0.15, 0.2) is 18.3 Å². The van der Waals surface area contributed by atoms with Crippen LogP contribution >= 0.6 is 0 Å². The first kappa shape index (κ1) is 13.1. The molecule has 0 spiro atoms. The molecule has 1 aliphatic carbocycles. The maximum atomic E-state index is 12.3. The number of likely N-dealkylation sites (tertiary alicyclic amines) is 1. The number of imide groups is 1.